The van der Waals surface area contributed by atoms with Crippen LogP contribution in [-0.2, 0) is 22.4 Å². The number of benzene rings is 2. The summed E-state index contributed by atoms with van der Waals surface area (Å²) in [5.41, 5.74) is 9.28. The zero-order valence-electron chi connectivity index (χ0n) is 23.4. The van der Waals surface area contributed by atoms with Gasteiger partial charge in [0, 0.05) is 64.2 Å². The van der Waals surface area contributed by atoms with Crippen LogP contribution in [0.2, 0.25) is 0 Å². The monoisotopic (exact) mass is 710 g/mol. The number of hydrogen-bond acceptors (Lipinski definition) is 6. The van der Waals surface area contributed by atoms with E-state index in [1.54, 1.807) is 41.4 Å². The first kappa shape index (κ1) is 30.7. The zero-order valence-corrected chi connectivity index (χ0v) is 26.6. The van der Waals surface area contributed by atoms with Gasteiger partial charge in [-0.15, -0.1) is 0 Å². The van der Waals surface area contributed by atoms with Crippen LogP contribution in [0.15, 0.2) is 69.7 Å². The summed E-state index contributed by atoms with van der Waals surface area (Å²) in [5, 5.41) is 5.80. The van der Waals surface area contributed by atoms with Gasteiger partial charge in [-0.3, -0.25) is 19.4 Å². The van der Waals surface area contributed by atoms with E-state index >= 15 is 0 Å². The SMILES string of the molecule is Nc1c(Br)cc(C(=O)C[C@@H](NC(=O)Cc2ccccn2)C(=O)N2CCC(N3CCc4ccccc4NC3=O)CC2)cc1Br. The van der Waals surface area contributed by atoms with Crippen molar-refractivity contribution >= 4 is 66.9 Å². The summed E-state index contributed by atoms with van der Waals surface area (Å²) in [6.45, 7) is 1.40. The van der Waals surface area contributed by atoms with E-state index in [9.17, 15) is 19.2 Å². The van der Waals surface area contributed by atoms with Crippen LogP contribution in [0, 0.1) is 0 Å². The van der Waals surface area contributed by atoms with Crippen molar-refractivity contribution in [1.29, 1.82) is 0 Å². The molecule has 0 unspecified atom stereocenters. The van der Waals surface area contributed by atoms with Gasteiger partial charge in [0.05, 0.1) is 12.1 Å². The van der Waals surface area contributed by atoms with Crippen LogP contribution >= 0.6 is 31.9 Å². The van der Waals surface area contributed by atoms with E-state index in [1.807, 2.05) is 29.2 Å². The third kappa shape index (κ3) is 7.42. The molecule has 0 spiro atoms. The molecule has 1 aromatic heterocycles. The lowest BCUT2D eigenvalue weighted by Crippen LogP contribution is -2.54. The van der Waals surface area contributed by atoms with E-state index in [1.165, 1.54) is 0 Å². The number of likely N-dealkylation sites (tertiary alicyclic amines) is 1. The topological polar surface area (TPSA) is 138 Å². The summed E-state index contributed by atoms with van der Waals surface area (Å²) in [4.78, 5) is 60.9. The van der Waals surface area contributed by atoms with Gasteiger partial charge in [-0.2, -0.15) is 0 Å². The molecule has 3 heterocycles. The molecule has 0 radical (unpaired) electrons. The molecule has 1 saturated heterocycles. The van der Waals surface area contributed by atoms with Gasteiger partial charge < -0.3 is 26.2 Å². The average molecular weight is 712 g/mol. The fourth-order valence-corrected chi connectivity index (χ4v) is 6.70. The Kier molecular flexibility index (Phi) is 9.76. The molecular weight excluding hydrogens is 680 g/mol. The second kappa shape index (κ2) is 13.7. The number of anilines is 2. The lowest BCUT2D eigenvalue weighted by Gasteiger charge is -2.39. The van der Waals surface area contributed by atoms with E-state index in [2.05, 4.69) is 47.5 Å². The Labute approximate surface area is 266 Å². The highest BCUT2D eigenvalue weighted by Gasteiger charge is 2.35. The Morgan fingerprint density at radius 2 is 1.72 bits per heavy atom. The largest absolute Gasteiger partial charge is 0.397 e. The van der Waals surface area contributed by atoms with Crippen LogP contribution in [0.25, 0.3) is 0 Å². The average Bonchev–Trinajstić information content (AvgIpc) is 3.17. The molecule has 2 aliphatic heterocycles. The zero-order chi connectivity index (χ0) is 30.5. The molecule has 0 bridgehead atoms. The first-order chi connectivity index (χ1) is 20.7. The van der Waals surface area contributed by atoms with Crippen molar-refractivity contribution in [1.82, 2.24) is 20.1 Å². The molecule has 4 amide bonds. The number of ketones is 1. The van der Waals surface area contributed by atoms with E-state index in [0.717, 1.165) is 17.7 Å². The number of amides is 4. The summed E-state index contributed by atoms with van der Waals surface area (Å²) >= 11 is 6.73. The molecule has 10 nitrogen and oxygen atoms in total. The van der Waals surface area contributed by atoms with E-state index < -0.39 is 11.9 Å². The molecule has 2 aliphatic rings. The van der Waals surface area contributed by atoms with Gasteiger partial charge in [0.25, 0.3) is 0 Å². The third-order valence-corrected chi connectivity index (χ3v) is 9.16. The van der Waals surface area contributed by atoms with Crippen LogP contribution < -0.4 is 16.4 Å². The molecule has 3 aromatic rings. The van der Waals surface area contributed by atoms with Crippen LogP contribution in [0.3, 0.4) is 0 Å². The van der Waals surface area contributed by atoms with Crippen molar-refractivity contribution in [3.63, 3.8) is 0 Å². The predicted octanol–water partition coefficient (Wildman–Crippen LogP) is 4.57. The normalized spacial score (nSPS) is 16.1. The maximum absolute atomic E-state index is 13.8. The summed E-state index contributed by atoms with van der Waals surface area (Å²) in [5.74, 6) is -1.05. The number of nitrogens with zero attached hydrogens (tertiary/aromatic N) is 3. The minimum Gasteiger partial charge on any atom is -0.397 e. The first-order valence-electron chi connectivity index (χ1n) is 14.1. The number of fused-ring (bicyclic) bond motifs is 1. The predicted molar refractivity (Wildman–Crippen MR) is 171 cm³/mol. The standard InChI is InChI=1S/C31H32Br2N6O4/c32-23-15-20(16-24(33)29(23)34)27(40)18-26(36-28(41)17-21-6-3-4-11-35-21)30(42)38-12-9-22(10-13-38)39-14-8-19-5-1-2-7-25(19)37-31(39)43/h1-7,11,15-16,22,26H,8-10,12-14,17-18,34H2,(H,36,41)(H,37,43)/t26-/m1/s1. The van der Waals surface area contributed by atoms with Crippen LogP contribution in [-0.4, -0.2) is 70.1 Å². The number of urea groups is 1. The number of Topliss-reactive ketones (excluding diaryl/α,β-unsaturated/α-hetero) is 1. The van der Waals surface area contributed by atoms with E-state index in [0.29, 0.717) is 58.4 Å². The maximum atomic E-state index is 13.8. The first-order valence-corrected chi connectivity index (χ1v) is 15.7. The molecule has 0 saturated carbocycles. The van der Waals surface area contributed by atoms with Crippen LogP contribution in [0.1, 0.15) is 40.9 Å². The van der Waals surface area contributed by atoms with Gasteiger partial charge in [-0.1, -0.05) is 24.3 Å². The summed E-state index contributed by atoms with van der Waals surface area (Å²) in [6, 6.07) is 15.0. The number of rotatable bonds is 8. The highest BCUT2D eigenvalue weighted by Crippen LogP contribution is 2.30. The molecule has 4 N–H and O–H groups in total. The number of aromatic nitrogens is 1. The van der Waals surface area contributed by atoms with Crippen molar-refractivity contribution in [3.05, 3.63) is 86.6 Å². The van der Waals surface area contributed by atoms with Crippen LogP contribution in [0.4, 0.5) is 16.2 Å². The Morgan fingerprint density at radius 1 is 1.02 bits per heavy atom. The number of hydrogen-bond donors (Lipinski definition) is 3. The smallest absolute Gasteiger partial charge is 0.322 e. The van der Waals surface area contributed by atoms with Gasteiger partial charge in [0.1, 0.15) is 6.04 Å². The summed E-state index contributed by atoms with van der Waals surface area (Å²) < 4.78 is 1.10. The highest BCUT2D eigenvalue weighted by molar-refractivity contribution is 9.11. The molecule has 1 atom stereocenters. The number of nitrogens with one attached hydrogen (secondary N) is 2. The number of halogens is 2. The van der Waals surface area contributed by atoms with Crippen molar-refractivity contribution in [2.45, 2.75) is 44.2 Å². The van der Waals surface area contributed by atoms with Crippen molar-refractivity contribution in [2.24, 2.45) is 0 Å². The Bertz CT molecular complexity index is 1500. The van der Waals surface area contributed by atoms with E-state index in [-0.39, 0.29) is 36.6 Å². The number of pyridine rings is 1. The second-order valence-electron chi connectivity index (χ2n) is 10.7. The number of para-hydroxylation sites is 1. The lowest BCUT2D eigenvalue weighted by molar-refractivity contribution is -0.137. The summed E-state index contributed by atoms with van der Waals surface area (Å²) in [7, 11) is 0. The molecule has 0 aliphatic carbocycles. The minimum absolute atomic E-state index is 0.0215. The number of nitrogens with two attached hydrogens (primary N) is 1. The number of carbonyl (C=O) groups excluding carboxylic acids is 4. The van der Waals surface area contributed by atoms with Crippen molar-refractivity contribution < 1.29 is 19.2 Å². The third-order valence-electron chi connectivity index (χ3n) is 7.85. The second-order valence-corrected chi connectivity index (χ2v) is 12.4. The quantitative estimate of drug-likeness (QED) is 0.231. The molecule has 43 heavy (non-hydrogen) atoms. The van der Waals surface area contributed by atoms with Gasteiger partial charge in [-0.25, -0.2) is 4.79 Å². The maximum Gasteiger partial charge on any atom is 0.322 e. The van der Waals surface area contributed by atoms with Gasteiger partial charge in [-0.05, 0) is 87.0 Å². The fraction of sp³-hybridized carbons (Fsp3) is 0.323. The van der Waals surface area contributed by atoms with Gasteiger partial charge >= 0.3 is 6.03 Å². The Hall–Kier alpha value is -3.77. The number of piperidine rings is 1. The van der Waals surface area contributed by atoms with Crippen molar-refractivity contribution in [2.75, 3.05) is 30.7 Å². The molecule has 2 aromatic carbocycles. The van der Waals surface area contributed by atoms with Gasteiger partial charge in [0.15, 0.2) is 5.78 Å². The van der Waals surface area contributed by atoms with Gasteiger partial charge in [0.2, 0.25) is 11.8 Å². The fourth-order valence-electron chi connectivity index (χ4n) is 5.52. The van der Waals surface area contributed by atoms with E-state index in [4.69, 9.17) is 5.73 Å². The van der Waals surface area contributed by atoms with Crippen LogP contribution in [0.5, 0.6) is 0 Å². The summed E-state index contributed by atoms with van der Waals surface area (Å²) in [6.07, 6.45) is 3.29. The molecule has 224 valence electrons. The van der Waals surface area contributed by atoms with Crippen molar-refractivity contribution in [3.8, 4) is 0 Å². The molecule has 1 fully saturated rings. The Balaban J connectivity index is 1.27. The molecular formula is C31H32Br2N6O4. The molecule has 5 rings (SSSR count). The minimum atomic E-state index is -1.06. The number of carbonyl (C=O) groups is 4. The molecule has 12 heteroatoms. The number of nitrogen functional groups attached to an aromatic ring is 1. The highest BCUT2D eigenvalue weighted by atomic mass is 79.9. The Morgan fingerprint density at radius 3 is 2.42 bits per heavy atom. The lowest BCUT2D eigenvalue weighted by atomic mass is 9.99.